The molecule has 0 bridgehead atoms. The van der Waals surface area contributed by atoms with Crippen molar-refractivity contribution in [1.82, 2.24) is 0 Å². The van der Waals surface area contributed by atoms with Crippen LogP contribution in [0.15, 0.2) is 82.2 Å². The number of esters is 1. The first kappa shape index (κ1) is 29.6. The number of fused-ring (bicyclic) bond motifs is 1. The molecular formula is C31H28O12. The predicted molar refractivity (Wildman–Crippen MR) is 152 cm³/mol. The monoisotopic (exact) mass is 592 g/mol. The topological polar surface area (TPSA) is 185 Å². The van der Waals surface area contributed by atoms with E-state index < -0.39 is 54.5 Å². The average Bonchev–Trinajstić information content (AvgIpc) is 3.01. The number of hydrogen-bond donors (Lipinski definition) is 5. The highest BCUT2D eigenvalue weighted by molar-refractivity contribution is 5.88. The molecule has 1 aliphatic rings. The molecule has 1 saturated heterocycles. The van der Waals surface area contributed by atoms with E-state index >= 15 is 0 Å². The lowest BCUT2D eigenvalue weighted by atomic mass is 9.99. The smallest absolute Gasteiger partial charge is 0.331 e. The van der Waals surface area contributed by atoms with Gasteiger partial charge in [0, 0.05) is 18.2 Å². The van der Waals surface area contributed by atoms with Crippen molar-refractivity contribution in [3.63, 3.8) is 0 Å². The molecule has 224 valence electrons. The summed E-state index contributed by atoms with van der Waals surface area (Å²) in [6.45, 7) is -0.708. The van der Waals surface area contributed by atoms with E-state index in [0.717, 1.165) is 6.08 Å². The van der Waals surface area contributed by atoms with Crippen molar-refractivity contribution >= 4 is 23.0 Å². The third-order valence-electron chi connectivity index (χ3n) is 6.87. The first-order valence-corrected chi connectivity index (χ1v) is 13.1. The van der Waals surface area contributed by atoms with Gasteiger partial charge < -0.3 is 48.9 Å². The Morgan fingerprint density at radius 2 is 1.77 bits per heavy atom. The number of hydrogen-bond acceptors (Lipinski definition) is 12. The summed E-state index contributed by atoms with van der Waals surface area (Å²) in [7, 11) is 1.40. The van der Waals surface area contributed by atoms with Gasteiger partial charge in [-0.3, -0.25) is 4.79 Å². The van der Waals surface area contributed by atoms with E-state index in [2.05, 4.69) is 0 Å². The Bertz CT molecular complexity index is 1700. The quantitative estimate of drug-likeness (QED) is 0.149. The van der Waals surface area contributed by atoms with E-state index in [1.165, 1.54) is 49.8 Å². The molecule has 12 heteroatoms. The maximum absolute atomic E-state index is 13.3. The second-order valence-corrected chi connectivity index (χ2v) is 9.65. The number of phenols is 2. The lowest BCUT2D eigenvalue weighted by Crippen LogP contribution is -2.61. The van der Waals surface area contributed by atoms with Gasteiger partial charge in [0.15, 0.2) is 23.7 Å². The Balaban J connectivity index is 1.40. The number of aliphatic hydroxyl groups is 3. The molecule has 1 aromatic heterocycles. The fourth-order valence-corrected chi connectivity index (χ4v) is 4.62. The Kier molecular flexibility index (Phi) is 8.64. The van der Waals surface area contributed by atoms with Crippen LogP contribution in [0.25, 0.3) is 28.2 Å². The second-order valence-electron chi connectivity index (χ2n) is 9.65. The molecule has 5 N–H and O–H groups in total. The molecule has 1 fully saturated rings. The van der Waals surface area contributed by atoms with Crippen molar-refractivity contribution in [3.8, 4) is 34.1 Å². The summed E-state index contributed by atoms with van der Waals surface area (Å²) in [5.41, 5.74) is 0.464. The molecule has 3 aromatic carbocycles. The highest BCUT2D eigenvalue weighted by Gasteiger charge is 2.48. The summed E-state index contributed by atoms with van der Waals surface area (Å²) in [6.07, 6.45) is -4.10. The van der Waals surface area contributed by atoms with Gasteiger partial charge in [-0.2, -0.15) is 0 Å². The summed E-state index contributed by atoms with van der Waals surface area (Å²) in [4.78, 5) is 25.8. The summed E-state index contributed by atoms with van der Waals surface area (Å²) in [5.74, 6) is -1.59. The van der Waals surface area contributed by atoms with E-state index in [4.69, 9.17) is 23.4 Å². The summed E-state index contributed by atoms with van der Waals surface area (Å²) in [6, 6.07) is 15.5. The van der Waals surface area contributed by atoms with E-state index in [1.807, 2.05) is 6.07 Å². The molecule has 5 rings (SSSR count). The van der Waals surface area contributed by atoms with Crippen molar-refractivity contribution in [3.05, 3.63) is 88.8 Å². The number of carbonyl (C=O) groups is 1. The molecule has 4 aromatic rings. The van der Waals surface area contributed by atoms with Gasteiger partial charge in [0.1, 0.15) is 40.9 Å². The van der Waals surface area contributed by atoms with Crippen molar-refractivity contribution in [2.24, 2.45) is 0 Å². The molecule has 12 nitrogen and oxygen atoms in total. The van der Waals surface area contributed by atoms with Gasteiger partial charge in [0.2, 0.25) is 11.7 Å². The SMILES string of the molecule is COc1cc(O)c2c(=O)c(-c3ccc(O)c(O[C@@H]4O[C@@H](CO)[C@@H](O)[C@H](OC(=O)/C=C/c5ccccc5)[C@@H]4O)c3)coc2c1. The number of rotatable bonds is 8. The number of ether oxygens (including phenoxy) is 4. The molecule has 0 aliphatic carbocycles. The number of aliphatic hydroxyl groups excluding tert-OH is 3. The first-order chi connectivity index (χ1) is 20.7. The van der Waals surface area contributed by atoms with Crippen LogP contribution in [0.2, 0.25) is 0 Å². The molecule has 0 amide bonds. The lowest BCUT2D eigenvalue weighted by molar-refractivity contribution is -0.280. The molecule has 0 spiro atoms. The third-order valence-corrected chi connectivity index (χ3v) is 6.87. The van der Waals surface area contributed by atoms with Crippen LogP contribution in [0.4, 0.5) is 0 Å². The van der Waals surface area contributed by atoms with Crippen LogP contribution in [0.1, 0.15) is 5.56 Å². The van der Waals surface area contributed by atoms with E-state index in [1.54, 1.807) is 24.3 Å². The molecule has 0 unspecified atom stereocenters. The van der Waals surface area contributed by atoms with E-state index in [0.29, 0.717) is 5.56 Å². The minimum absolute atomic E-state index is 0.0172. The molecule has 2 heterocycles. The van der Waals surface area contributed by atoms with Gasteiger partial charge in [-0.25, -0.2) is 4.79 Å². The largest absolute Gasteiger partial charge is 0.507 e. The highest BCUT2D eigenvalue weighted by atomic mass is 16.7. The van der Waals surface area contributed by atoms with Crippen molar-refractivity contribution < 1.29 is 53.7 Å². The van der Waals surface area contributed by atoms with Gasteiger partial charge >= 0.3 is 5.97 Å². The number of phenolic OH excluding ortho intramolecular Hbond substituents is 2. The second kappa shape index (κ2) is 12.5. The van der Waals surface area contributed by atoms with Crippen LogP contribution in [0, 0.1) is 0 Å². The normalized spacial score (nSPS) is 22.0. The fraction of sp³-hybridized carbons (Fsp3) is 0.226. The van der Waals surface area contributed by atoms with Crippen molar-refractivity contribution in [2.45, 2.75) is 30.7 Å². The van der Waals surface area contributed by atoms with Gasteiger partial charge in [0.25, 0.3) is 0 Å². The molecule has 0 saturated carbocycles. The average molecular weight is 593 g/mol. The Hall–Kier alpha value is -4.88. The van der Waals surface area contributed by atoms with Gasteiger partial charge in [-0.15, -0.1) is 0 Å². The zero-order chi connectivity index (χ0) is 30.7. The standard InChI is InChI=1S/C31H28O12/c1-39-18-12-21(34)26-23(13-18)40-15-19(27(26)36)17-8-9-20(33)22(11-17)41-31-29(38)30(28(37)24(14-32)42-31)43-25(35)10-7-16-5-3-2-4-6-16/h2-13,15,24,28-34,37-38H,14H2,1H3/b10-7+/t24-,28+,29-,30-,31+/m0/s1. The number of aromatic hydroxyl groups is 2. The minimum Gasteiger partial charge on any atom is -0.507 e. The molecule has 43 heavy (non-hydrogen) atoms. The highest BCUT2D eigenvalue weighted by Crippen LogP contribution is 2.36. The first-order valence-electron chi connectivity index (χ1n) is 13.1. The Morgan fingerprint density at radius 1 is 1.00 bits per heavy atom. The molecule has 5 atom stereocenters. The summed E-state index contributed by atoms with van der Waals surface area (Å²) < 4.78 is 27.2. The van der Waals surface area contributed by atoms with Gasteiger partial charge in [-0.1, -0.05) is 36.4 Å². The van der Waals surface area contributed by atoms with E-state index in [-0.39, 0.29) is 39.3 Å². The summed E-state index contributed by atoms with van der Waals surface area (Å²) >= 11 is 0. The Morgan fingerprint density at radius 3 is 2.49 bits per heavy atom. The predicted octanol–water partition coefficient (Wildman–Crippen LogP) is 2.32. The van der Waals surface area contributed by atoms with Gasteiger partial charge in [-0.05, 0) is 29.3 Å². The van der Waals surface area contributed by atoms with Crippen LogP contribution in [-0.4, -0.2) is 75.9 Å². The van der Waals surface area contributed by atoms with Crippen molar-refractivity contribution in [2.75, 3.05) is 13.7 Å². The van der Waals surface area contributed by atoms with Crippen LogP contribution < -0.4 is 14.9 Å². The zero-order valence-electron chi connectivity index (χ0n) is 22.7. The number of methoxy groups -OCH3 is 1. The van der Waals surface area contributed by atoms with Crippen LogP contribution in [-0.2, 0) is 14.3 Å². The van der Waals surface area contributed by atoms with Crippen LogP contribution in [0.3, 0.4) is 0 Å². The van der Waals surface area contributed by atoms with Crippen LogP contribution in [0.5, 0.6) is 23.0 Å². The number of carbonyl (C=O) groups excluding carboxylic acids is 1. The van der Waals surface area contributed by atoms with Crippen LogP contribution >= 0.6 is 0 Å². The Labute approximate surface area is 244 Å². The van der Waals surface area contributed by atoms with Crippen molar-refractivity contribution in [1.29, 1.82) is 0 Å². The third kappa shape index (κ3) is 6.17. The minimum atomic E-state index is -1.76. The van der Waals surface area contributed by atoms with Gasteiger partial charge in [0.05, 0.1) is 19.3 Å². The molecule has 1 aliphatic heterocycles. The fourth-order valence-electron chi connectivity index (χ4n) is 4.62. The maximum atomic E-state index is 13.3. The van der Waals surface area contributed by atoms with E-state index in [9.17, 15) is 35.1 Å². The number of benzene rings is 3. The molecular weight excluding hydrogens is 564 g/mol. The zero-order valence-corrected chi connectivity index (χ0v) is 22.7. The lowest BCUT2D eigenvalue weighted by Gasteiger charge is -2.41. The molecule has 0 radical (unpaired) electrons. The maximum Gasteiger partial charge on any atom is 0.331 e. The summed E-state index contributed by atoms with van der Waals surface area (Å²) in [5, 5.41) is 52.1.